The average molecular weight is 553 g/mol. The predicted octanol–water partition coefficient (Wildman–Crippen LogP) is 11.9. The van der Waals surface area contributed by atoms with E-state index in [0.29, 0.717) is 16.7 Å². The summed E-state index contributed by atoms with van der Waals surface area (Å²) in [5.41, 5.74) is 2.29. The fourth-order valence-corrected chi connectivity index (χ4v) is 6.70. The van der Waals surface area contributed by atoms with E-state index >= 15 is 0 Å². The molecule has 9 aromatic rings. The SMILES string of the molecule is [2H]c1c([2H])c([2H])c2c(-c3ccc4ccccc4c3)c3c([2H])c([2H])c([2H])c([2H])c3c(Cc3cccc4c3ccc3cc5ccccc5cc34)c2c1[2H]. The quantitative estimate of drug-likeness (QED) is 0.151. The number of hydrogen-bond acceptors (Lipinski definition) is 0. The molecule has 0 N–H and O–H groups in total. The van der Waals surface area contributed by atoms with Gasteiger partial charge >= 0.3 is 0 Å². The van der Waals surface area contributed by atoms with Crippen LogP contribution in [0.5, 0.6) is 0 Å². The molecule has 0 aliphatic rings. The second-order valence-corrected chi connectivity index (χ2v) is 11.1. The Labute approximate surface area is 261 Å². The maximum Gasteiger partial charge on any atom is 0.0629 e. The van der Waals surface area contributed by atoms with Crippen molar-refractivity contribution in [2.45, 2.75) is 6.42 Å². The van der Waals surface area contributed by atoms with Crippen LogP contribution in [0.2, 0.25) is 0 Å². The maximum atomic E-state index is 9.28. The molecule has 0 heterocycles. The third kappa shape index (κ3) is 3.84. The lowest BCUT2D eigenvalue weighted by molar-refractivity contribution is 1.26. The first-order valence-corrected chi connectivity index (χ1v) is 14.4. The van der Waals surface area contributed by atoms with Crippen molar-refractivity contribution in [3.63, 3.8) is 0 Å². The van der Waals surface area contributed by atoms with E-state index in [4.69, 9.17) is 5.48 Å². The molecule has 0 nitrogen and oxygen atoms in total. The summed E-state index contributed by atoms with van der Waals surface area (Å²) >= 11 is 0. The Bertz CT molecular complexity index is 2900. The number of hydrogen-bond donors (Lipinski definition) is 0. The first-order valence-electron chi connectivity index (χ1n) is 18.4. The molecular weight excluding hydrogens is 516 g/mol. The highest BCUT2D eigenvalue weighted by Crippen LogP contribution is 2.41. The summed E-state index contributed by atoms with van der Waals surface area (Å²) in [4.78, 5) is 0. The van der Waals surface area contributed by atoms with Crippen molar-refractivity contribution in [1.82, 2.24) is 0 Å². The number of fused-ring (bicyclic) bond motifs is 7. The van der Waals surface area contributed by atoms with Crippen LogP contribution < -0.4 is 0 Å². The zero-order valence-corrected chi connectivity index (χ0v) is 23.1. The molecule has 200 valence electrons. The minimum Gasteiger partial charge on any atom is -0.0616 e. The first kappa shape index (κ1) is 17.5. The van der Waals surface area contributed by atoms with E-state index < -0.39 is 24.2 Å². The van der Waals surface area contributed by atoms with E-state index in [1.54, 1.807) is 0 Å². The standard InChI is InChI=1S/C43H28/c1-2-11-29-25-34(21-20-28(29)10-1)43-39-17-7-5-15-37(39)42(38-16-6-8-18-40(38)43)27-32-14-9-19-36-35(32)23-22-33-24-30-12-3-4-13-31(30)26-41(33)36/h1-26H,27H2/i5D,6D,7D,8D,15D,16D,17D,18D. The van der Waals surface area contributed by atoms with Gasteiger partial charge in [-0.3, -0.25) is 0 Å². The molecule has 0 saturated heterocycles. The van der Waals surface area contributed by atoms with Gasteiger partial charge in [-0.1, -0.05) is 139 Å². The molecule has 0 fully saturated rings. The largest absolute Gasteiger partial charge is 0.0629 e. The Balaban J connectivity index is 1.43. The molecule has 0 aliphatic heterocycles. The minimum absolute atomic E-state index is 0.172. The third-order valence-corrected chi connectivity index (χ3v) is 8.72. The summed E-state index contributed by atoms with van der Waals surface area (Å²) in [5.74, 6) is 0. The molecular formula is C43H28. The maximum absolute atomic E-state index is 9.28. The van der Waals surface area contributed by atoms with Crippen LogP contribution in [-0.4, -0.2) is 0 Å². The molecule has 0 radical (unpaired) electrons. The first-order chi connectivity index (χ1) is 24.6. The summed E-state index contributed by atoms with van der Waals surface area (Å²) in [6.07, 6.45) is 0.172. The van der Waals surface area contributed by atoms with Gasteiger partial charge in [0, 0.05) is 0 Å². The monoisotopic (exact) mass is 552 g/mol. The summed E-state index contributed by atoms with van der Waals surface area (Å²) in [7, 11) is 0. The molecule has 43 heavy (non-hydrogen) atoms. The Morgan fingerprint density at radius 3 is 1.72 bits per heavy atom. The Kier molecular flexibility index (Phi) is 3.88. The molecule has 9 aromatic carbocycles. The van der Waals surface area contributed by atoms with E-state index in [1.165, 1.54) is 0 Å². The third-order valence-electron chi connectivity index (χ3n) is 8.72. The number of rotatable bonds is 3. The van der Waals surface area contributed by atoms with Crippen LogP contribution in [0.3, 0.4) is 0 Å². The zero-order chi connectivity index (χ0) is 35.3. The van der Waals surface area contributed by atoms with Crippen molar-refractivity contribution in [1.29, 1.82) is 0 Å². The van der Waals surface area contributed by atoms with Crippen LogP contribution in [0.25, 0.3) is 75.8 Å². The molecule has 0 saturated carbocycles. The van der Waals surface area contributed by atoms with Gasteiger partial charge in [0.2, 0.25) is 0 Å². The van der Waals surface area contributed by atoms with Crippen LogP contribution in [-0.2, 0) is 6.42 Å². The van der Waals surface area contributed by atoms with Gasteiger partial charge in [-0.25, -0.2) is 0 Å². The molecule has 0 aromatic heterocycles. The average Bonchev–Trinajstić information content (AvgIpc) is 3.16. The highest BCUT2D eigenvalue weighted by molar-refractivity contribution is 6.17. The fourth-order valence-electron chi connectivity index (χ4n) is 6.70. The topological polar surface area (TPSA) is 0 Å². The van der Waals surface area contributed by atoms with Crippen molar-refractivity contribution in [3.05, 3.63) is 169 Å². The molecule has 0 aliphatic carbocycles. The van der Waals surface area contributed by atoms with E-state index in [0.717, 1.165) is 48.7 Å². The smallest absolute Gasteiger partial charge is 0.0616 e. The van der Waals surface area contributed by atoms with Gasteiger partial charge in [0.25, 0.3) is 0 Å². The summed E-state index contributed by atoms with van der Waals surface area (Å²) in [5, 5.41) is 9.30. The molecule has 0 amide bonds. The Morgan fingerprint density at radius 2 is 1.00 bits per heavy atom. The minimum atomic E-state index is -0.399. The summed E-state index contributed by atoms with van der Waals surface area (Å²) in [6.45, 7) is 0. The lowest BCUT2D eigenvalue weighted by atomic mass is 9.85. The van der Waals surface area contributed by atoms with Gasteiger partial charge in [-0.2, -0.15) is 0 Å². The molecule has 0 heteroatoms. The lowest BCUT2D eigenvalue weighted by Crippen LogP contribution is -1.96. The highest BCUT2D eigenvalue weighted by Gasteiger charge is 2.17. The van der Waals surface area contributed by atoms with Crippen molar-refractivity contribution in [3.8, 4) is 11.1 Å². The normalized spacial score (nSPS) is 14.4. The van der Waals surface area contributed by atoms with Crippen LogP contribution in [0.15, 0.2) is 158 Å². The molecule has 0 atom stereocenters. The van der Waals surface area contributed by atoms with Gasteiger partial charge in [0.1, 0.15) is 0 Å². The van der Waals surface area contributed by atoms with Crippen molar-refractivity contribution >= 4 is 64.6 Å². The molecule has 0 bridgehead atoms. The highest BCUT2D eigenvalue weighted by atomic mass is 14.2. The van der Waals surface area contributed by atoms with E-state index in [9.17, 15) is 5.48 Å². The fraction of sp³-hybridized carbons (Fsp3) is 0.0233. The van der Waals surface area contributed by atoms with Crippen LogP contribution in [0, 0.1) is 0 Å². The molecule has 0 unspecified atom stereocenters. The lowest BCUT2D eigenvalue weighted by Gasteiger charge is -2.18. The van der Waals surface area contributed by atoms with Gasteiger partial charge in [0.05, 0.1) is 11.0 Å². The van der Waals surface area contributed by atoms with Gasteiger partial charge < -0.3 is 0 Å². The molecule has 9 rings (SSSR count). The van der Waals surface area contributed by atoms with Gasteiger partial charge in [0.15, 0.2) is 0 Å². The summed E-state index contributed by atoms with van der Waals surface area (Å²) in [6, 6.07) is 33.7. The van der Waals surface area contributed by atoms with Crippen LogP contribution in [0.1, 0.15) is 22.1 Å². The van der Waals surface area contributed by atoms with E-state index in [2.05, 4.69) is 42.5 Å². The van der Waals surface area contributed by atoms with Crippen molar-refractivity contribution in [2.75, 3.05) is 0 Å². The predicted molar refractivity (Wildman–Crippen MR) is 186 cm³/mol. The van der Waals surface area contributed by atoms with Crippen LogP contribution >= 0.6 is 0 Å². The summed E-state index contributed by atoms with van der Waals surface area (Å²) < 4.78 is 72.0. The van der Waals surface area contributed by atoms with Crippen LogP contribution in [0.4, 0.5) is 0 Å². The zero-order valence-electron chi connectivity index (χ0n) is 31.1. The van der Waals surface area contributed by atoms with E-state index in [-0.39, 0.29) is 52.1 Å². The molecule has 0 spiro atoms. The second-order valence-electron chi connectivity index (χ2n) is 11.1. The van der Waals surface area contributed by atoms with E-state index in [1.807, 2.05) is 66.7 Å². The Morgan fingerprint density at radius 1 is 0.395 bits per heavy atom. The van der Waals surface area contributed by atoms with Gasteiger partial charge in [-0.05, 0) is 112 Å². The Hall–Kier alpha value is -5.46. The number of benzene rings is 9. The van der Waals surface area contributed by atoms with Gasteiger partial charge in [-0.15, -0.1) is 0 Å². The van der Waals surface area contributed by atoms with Crippen molar-refractivity contribution < 1.29 is 11.0 Å². The van der Waals surface area contributed by atoms with Crippen molar-refractivity contribution in [2.24, 2.45) is 0 Å². The second kappa shape index (κ2) is 9.54.